The van der Waals surface area contributed by atoms with Gasteiger partial charge in [-0.05, 0) is 22.7 Å². The molecule has 0 bridgehead atoms. The van der Waals surface area contributed by atoms with Crippen molar-refractivity contribution in [2.24, 2.45) is 0 Å². The molecular formula is C10H7NSi. The van der Waals surface area contributed by atoms with E-state index in [-0.39, 0.29) is 0 Å². The lowest BCUT2D eigenvalue weighted by Crippen LogP contribution is -2.12. The Balaban J connectivity index is 2.67. The number of terminal acetylenes is 1. The Labute approximate surface area is 73.6 Å². The number of hydrogen-bond donors (Lipinski definition) is 1. The van der Waals surface area contributed by atoms with Crippen LogP contribution in [0.1, 0.15) is 0 Å². The highest BCUT2D eigenvalue weighted by Crippen LogP contribution is 2.07. The van der Waals surface area contributed by atoms with E-state index >= 15 is 0 Å². The number of nitrogens with one attached hydrogen (secondary N) is 1. The van der Waals surface area contributed by atoms with Gasteiger partial charge in [0.05, 0.1) is 0 Å². The molecule has 0 amide bonds. The summed E-state index contributed by atoms with van der Waals surface area (Å²) < 4.78 is 0. The van der Waals surface area contributed by atoms with Crippen molar-refractivity contribution in [3.05, 3.63) is 30.5 Å². The molecule has 0 saturated carbocycles. The number of hydrogen-bond acceptors (Lipinski definition) is 0. The van der Waals surface area contributed by atoms with Gasteiger partial charge >= 0.3 is 0 Å². The molecule has 56 valence electrons. The van der Waals surface area contributed by atoms with Crippen molar-refractivity contribution < 1.29 is 0 Å². The van der Waals surface area contributed by atoms with Crippen LogP contribution < -0.4 is 5.19 Å². The number of H-pyrrole nitrogens is 1. The van der Waals surface area contributed by atoms with E-state index in [9.17, 15) is 0 Å². The van der Waals surface area contributed by atoms with Crippen molar-refractivity contribution in [1.82, 2.24) is 4.98 Å². The molecule has 0 saturated heterocycles. The Hall–Kier alpha value is -1.46. The predicted octanol–water partition coefficient (Wildman–Crippen LogP) is 1.09. The molecule has 2 rings (SSSR count). The van der Waals surface area contributed by atoms with Crippen LogP contribution in [0.5, 0.6) is 0 Å². The lowest BCUT2D eigenvalue weighted by atomic mass is 10.2. The quantitative estimate of drug-likeness (QED) is 0.486. The molecule has 1 aromatic heterocycles. The first-order valence-corrected chi connectivity index (χ1v) is 4.69. The number of aromatic amines is 1. The number of fused-ring (bicyclic) bond motifs is 1. The molecule has 1 aromatic carbocycles. The molecule has 2 aromatic rings. The van der Waals surface area contributed by atoms with Gasteiger partial charge in [0.15, 0.2) is 9.52 Å². The van der Waals surface area contributed by atoms with Crippen LogP contribution in [0.25, 0.3) is 10.9 Å². The Morgan fingerprint density at radius 1 is 1.33 bits per heavy atom. The van der Waals surface area contributed by atoms with Crippen molar-refractivity contribution in [3.63, 3.8) is 0 Å². The third kappa shape index (κ3) is 1.05. The van der Waals surface area contributed by atoms with Crippen LogP contribution in [0, 0.1) is 12.0 Å². The fourth-order valence-corrected chi connectivity index (χ4v) is 1.96. The minimum absolute atomic E-state index is 0.466. The normalized spacial score (nSPS) is 9.92. The summed E-state index contributed by atoms with van der Waals surface area (Å²) in [6.07, 6.45) is 7.21. The van der Waals surface area contributed by atoms with Crippen molar-refractivity contribution in [3.8, 4) is 12.0 Å². The van der Waals surface area contributed by atoms with Gasteiger partial charge in [-0.15, -0.1) is 12.0 Å². The average Bonchev–Trinajstić information content (AvgIpc) is 2.53. The first-order valence-electron chi connectivity index (χ1n) is 3.69. The van der Waals surface area contributed by atoms with E-state index in [1.165, 1.54) is 10.6 Å². The summed E-state index contributed by atoms with van der Waals surface area (Å²) in [6, 6.07) is 8.22. The van der Waals surface area contributed by atoms with E-state index in [2.05, 4.69) is 28.7 Å². The molecule has 0 aliphatic rings. The molecule has 0 unspecified atom stereocenters. The Morgan fingerprint density at radius 2 is 2.25 bits per heavy atom. The van der Waals surface area contributed by atoms with Gasteiger partial charge in [-0.2, -0.15) is 0 Å². The smallest absolute Gasteiger partial charge is 0.186 e. The Kier molecular flexibility index (Phi) is 1.73. The molecule has 0 aliphatic heterocycles. The molecule has 2 heteroatoms. The van der Waals surface area contributed by atoms with E-state index in [1.807, 2.05) is 12.3 Å². The van der Waals surface area contributed by atoms with Crippen molar-refractivity contribution >= 4 is 25.6 Å². The van der Waals surface area contributed by atoms with E-state index in [1.54, 1.807) is 0 Å². The van der Waals surface area contributed by atoms with Gasteiger partial charge in [-0.3, -0.25) is 0 Å². The van der Waals surface area contributed by atoms with Gasteiger partial charge in [-0.25, -0.2) is 0 Å². The van der Waals surface area contributed by atoms with E-state index in [4.69, 9.17) is 6.42 Å². The maximum Gasteiger partial charge on any atom is 0.186 e. The highest BCUT2D eigenvalue weighted by molar-refractivity contribution is 6.64. The summed E-state index contributed by atoms with van der Waals surface area (Å²) in [4.78, 5) is 3.15. The zero-order valence-electron chi connectivity index (χ0n) is 6.46. The molecule has 0 fully saturated rings. The van der Waals surface area contributed by atoms with Crippen LogP contribution >= 0.6 is 0 Å². The molecular weight excluding hydrogens is 162 g/mol. The molecule has 1 heterocycles. The SMILES string of the molecule is C#C[Si]c1cccc2[nH]ccc12. The first-order chi connectivity index (χ1) is 5.92. The largest absolute Gasteiger partial charge is 0.361 e. The Morgan fingerprint density at radius 3 is 3.08 bits per heavy atom. The average molecular weight is 169 g/mol. The Bertz CT molecular complexity index is 436. The zero-order valence-corrected chi connectivity index (χ0v) is 7.46. The second-order valence-corrected chi connectivity index (χ2v) is 3.59. The molecule has 1 nitrogen and oxygen atoms in total. The highest BCUT2D eigenvalue weighted by Gasteiger charge is 1.99. The van der Waals surface area contributed by atoms with Crippen LogP contribution in [-0.4, -0.2) is 14.5 Å². The third-order valence-electron chi connectivity index (χ3n) is 1.80. The molecule has 0 atom stereocenters. The van der Waals surface area contributed by atoms with Crippen molar-refractivity contribution in [2.45, 2.75) is 0 Å². The maximum atomic E-state index is 5.27. The summed E-state index contributed by atoms with van der Waals surface area (Å²) in [5, 5.41) is 2.49. The highest BCUT2D eigenvalue weighted by atomic mass is 28.2. The van der Waals surface area contributed by atoms with Crippen molar-refractivity contribution in [2.75, 3.05) is 0 Å². The molecule has 0 spiro atoms. The van der Waals surface area contributed by atoms with Crippen molar-refractivity contribution in [1.29, 1.82) is 0 Å². The standard InChI is InChI=1S/C10H7NSi/c1-2-12-10-5-3-4-9-8(10)6-7-11-9/h1,3-7,11H. The lowest BCUT2D eigenvalue weighted by molar-refractivity contribution is 1.48. The van der Waals surface area contributed by atoms with Gasteiger partial charge in [-0.1, -0.05) is 12.1 Å². The summed E-state index contributed by atoms with van der Waals surface area (Å²) >= 11 is 0. The summed E-state index contributed by atoms with van der Waals surface area (Å²) in [5.74, 6) is 0. The zero-order chi connectivity index (χ0) is 8.39. The minimum atomic E-state index is 0.466. The number of rotatable bonds is 1. The molecule has 12 heavy (non-hydrogen) atoms. The van der Waals surface area contributed by atoms with E-state index in [0.717, 1.165) is 5.52 Å². The van der Waals surface area contributed by atoms with Crippen LogP contribution in [0.3, 0.4) is 0 Å². The van der Waals surface area contributed by atoms with Gasteiger partial charge in [0.2, 0.25) is 0 Å². The first kappa shape index (κ1) is 7.20. The number of aromatic nitrogens is 1. The molecule has 1 N–H and O–H groups in total. The topological polar surface area (TPSA) is 15.8 Å². The van der Waals surface area contributed by atoms with Gasteiger partial charge < -0.3 is 4.98 Å². The number of benzene rings is 1. The van der Waals surface area contributed by atoms with Crippen LogP contribution in [-0.2, 0) is 0 Å². The monoisotopic (exact) mass is 169 g/mol. The van der Waals surface area contributed by atoms with E-state index < -0.39 is 0 Å². The second-order valence-electron chi connectivity index (χ2n) is 2.51. The fourth-order valence-electron chi connectivity index (χ4n) is 1.27. The summed E-state index contributed by atoms with van der Waals surface area (Å²) in [7, 11) is 0.466. The van der Waals surface area contributed by atoms with Gasteiger partial charge in [0, 0.05) is 11.7 Å². The van der Waals surface area contributed by atoms with Gasteiger partial charge in [0.25, 0.3) is 0 Å². The van der Waals surface area contributed by atoms with E-state index in [0.29, 0.717) is 9.52 Å². The third-order valence-corrected chi connectivity index (χ3v) is 2.65. The molecule has 0 aliphatic carbocycles. The lowest BCUT2D eigenvalue weighted by Gasteiger charge is -1.95. The summed E-state index contributed by atoms with van der Waals surface area (Å²) in [5.41, 5.74) is 3.84. The second kappa shape index (κ2) is 2.88. The minimum Gasteiger partial charge on any atom is -0.361 e. The van der Waals surface area contributed by atoms with Crippen LogP contribution in [0.2, 0.25) is 0 Å². The van der Waals surface area contributed by atoms with Gasteiger partial charge in [0.1, 0.15) is 0 Å². The summed E-state index contributed by atoms with van der Waals surface area (Å²) in [6.45, 7) is 0. The fraction of sp³-hybridized carbons (Fsp3) is 0. The van der Waals surface area contributed by atoms with Crippen LogP contribution in [0.4, 0.5) is 0 Å². The van der Waals surface area contributed by atoms with Crippen LogP contribution in [0.15, 0.2) is 30.5 Å². The maximum absolute atomic E-state index is 5.27. The predicted molar refractivity (Wildman–Crippen MR) is 52.5 cm³/mol. The molecule has 2 radical (unpaired) electrons.